The lowest BCUT2D eigenvalue weighted by molar-refractivity contribution is 0.0680. The summed E-state index contributed by atoms with van der Waals surface area (Å²) in [6.07, 6.45) is -4.51. The van der Waals surface area contributed by atoms with Crippen LogP contribution in [0.25, 0.3) is 22.4 Å². The maximum atomic E-state index is 12.9. The molecule has 0 aliphatic rings. The van der Waals surface area contributed by atoms with Gasteiger partial charge < -0.3 is 8.98 Å². The van der Waals surface area contributed by atoms with E-state index in [-0.39, 0.29) is 11.5 Å². The summed E-state index contributed by atoms with van der Waals surface area (Å²) >= 11 is 0. The molecule has 4 aromatic rings. The summed E-state index contributed by atoms with van der Waals surface area (Å²) in [7, 11) is 0. The first-order valence-electron chi connectivity index (χ1n) is 8.55. The van der Waals surface area contributed by atoms with Crippen molar-refractivity contribution in [1.82, 2.24) is 14.8 Å². The Hall–Kier alpha value is -3.49. The highest BCUT2D eigenvalue weighted by Crippen LogP contribution is 2.26. The van der Waals surface area contributed by atoms with Gasteiger partial charge in [-0.05, 0) is 23.8 Å². The van der Waals surface area contributed by atoms with E-state index in [0.717, 1.165) is 5.56 Å². The molecule has 5 nitrogen and oxygen atoms in total. The fourth-order valence-electron chi connectivity index (χ4n) is 3.08. The lowest BCUT2D eigenvalue weighted by Gasteiger charge is -2.06. The summed E-state index contributed by atoms with van der Waals surface area (Å²) in [6, 6.07) is 13.5. The maximum Gasteiger partial charge on any atom is 0.314 e. The second-order valence-electron chi connectivity index (χ2n) is 6.30. The number of halogens is 4. The van der Waals surface area contributed by atoms with E-state index >= 15 is 0 Å². The molecule has 0 aliphatic carbocycles. The summed E-state index contributed by atoms with van der Waals surface area (Å²) in [4.78, 5) is 11.8. The van der Waals surface area contributed by atoms with Gasteiger partial charge in [0.05, 0.1) is 0 Å². The monoisotopic (exact) mass is 403 g/mol. The first-order valence-corrected chi connectivity index (χ1v) is 8.55. The molecule has 0 saturated heterocycles. The number of ketones is 1. The predicted molar refractivity (Wildman–Crippen MR) is 96.1 cm³/mol. The van der Waals surface area contributed by atoms with Crippen LogP contribution in [-0.2, 0) is 6.54 Å². The van der Waals surface area contributed by atoms with Crippen LogP contribution in [0.5, 0.6) is 0 Å². The standard InChI is InChI=1S/C20H13F4N3O2/c21-17(22)16(28)14-10-27(15-4-2-1-3-13(14)15)9-11-5-7-12(8-6-11)19-25-26-20(29-19)18(23)24/h1-8,10,17-18H,9H2. The Kier molecular flexibility index (Phi) is 4.87. The topological polar surface area (TPSA) is 60.9 Å². The van der Waals surface area contributed by atoms with Gasteiger partial charge in [-0.15, -0.1) is 10.2 Å². The number of fused-ring (bicyclic) bond motifs is 1. The van der Waals surface area contributed by atoms with Crippen molar-refractivity contribution in [3.8, 4) is 11.5 Å². The van der Waals surface area contributed by atoms with Gasteiger partial charge in [-0.2, -0.15) is 8.78 Å². The van der Waals surface area contributed by atoms with Crippen molar-refractivity contribution in [1.29, 1.82) is 0 Å². The van der Waals surface area contributed by atoms with Crippen LogP contribution in [-0.4, -0.2) is 27.0 Å². The van der Waals surface area contributed by atoms with Crippen molar-refractivity contribution >= 4 is 16.7 Å². The van der Waals surface area contributed by atoms with E-state index in [1.165, 1.54) is 6.20 Å². The number of benzene rings is 2. The van der Waals surface area contributed by atoms with Crippen LogP contribution in [0.2, 0.25) is 0 Å². The fraction of sp³-hybridized carbons (Fsp3) is 0.150. The minimum atomic E-state index is -3.08. The number of Topliss-reactive ketones (excluding diaryl/α,β-unsaturated/α-hetero) is 1. The van der Waals surface area contributed by atoms with E-state index in [4.69, 9.17) is 4.42 Å². The van der Waals surface area contributed by atoms with Crippen molar-refractivity contribution in [2.24, 2.45) is 0 Å². The Balaban J connectivity index is 1.62. The number of nitrogens with zero attached hydrogens (tertiary/aromatic N) is 3. The lowest BCUT2D eigenvalue weighted by Crippen LogP contribution is -2.09. The maximum absolute atomic E-state index is 12.9. The van der Waals surface area contributed by atoms with Gasteiger partial charge in [-0.1, -0.05) is 30.3 Å². The molecule has 0 unspecified atom stereocenters. The number of rotatable bonds is 6. The smallest absolute Gasteiger partial charge is 0.314 e. The summed E-state index contributed by atoms with van der Waals surface area (Å²) in [6.45, 7) is 0.323. The third kappa shape index (κ3) is 3.63. The highest BCUT2D eigenvalue weighted by molar-refractivity contribution is 6.09. The summed E-state index contributed by atoms with van der Waals surface area (Å²) in [5.41, 5.74) is 1.90. The third-order valence-corrected chi connectivity index (χ3v) is 4.43. The Labute approximate surface area is 161 Å². The van der Waals surface area contributed by atoms with Gasteiger partial charge in [-0.3, -0.25) is 4.79 Å². The molecular formula is C20H13F4N3O2. The quantitative estimate of drug-likeness (QED) is 0.331. The first kappa shape index (κ1) is 18.9. The second-order valence-corrected chi connectivity index (χ2v) is 6.30. The fourth-order valence-corrected chi connectivity index (χ4v) is 3.08. The number of alkyl halides is 4. The van der Waals surface area contributed by atoms with E-state index in [2.05, 4.69) is 10.2 Å². The molecule has 0 atom stereocenters. The molecule has 0 N–H and O–H groups in total. The average Bonchev–Trinajstić information content (AvgIpc) is 3.34. The number of hydrogen-bond donors (Lipinski definition) is 0. The molecule has 0 spiro atoms. The van der Waals surface area contributed by atoms with E-state index < -0.39 is 24.5 Å². The van der Waals surface area contributed by atoms with Crippen LogP contribution >= 0.6 is 0 Å². The van der Waals surface area contributed by atoms with E-state index in [1.807, 2.05) is 0 Å². The molecule has 0 aliphatic heterocycles. The largest absolute Gasteiger partial charge is 0.415 e. The minimum Gasteiger partial charge on any atom is -0.415 e. The van der Waals surface area contributed by atoms with E-state index in [0.29, 0.717) is 23.0 Å². The average molecular weight is 403 g/mol. The normalized spacial score (nSPS) is 11.7. The molecule has 0 radical (unpaired) electrons. The van der Waals surface area contributed by atoms with Crippen LogP contribution in [0.1, 0.15) is 28.2 Å². The van der Waals surface area contributed by atoms with Gasteiger partial charge in [0, 0.05) is 34.8 Å². The molecule has 0 saturated carbocycles. The van der Waals surface area contributed by atoms with Crippen LogP contribution in [0.4, 0.5) is 17.6 Å². The minimum absolute atomic E-state index is 0.0249. The number of carbonyl (C=O) groups is 1. The number of hydrogen-bond acceptors (Lipinski definition) is 4. The molecule has 148 valence electrons. The van der Waals surface area contributed by atoms with Crippen LogP contribution in [0.15, 0.2) is 59.1 Å². The second kappa shape index (κ2) is 7.50. The molecule has 2 heterocycles. The Bertz CT molecular complexity index is 1170. The van der Waals surface area contributed by atoms with Crippen molar-refractivity contribution in [2.75, 3.05) is 0 Å². The van der Waals surface area contributed by atoms with Gasteiger partial charge in [0.15, 0.2) is 0 Å². The molecule has 0 amide bonds. The van der Waals surface area contributed by atoms with Crippen molar-refractivity contribution in [2.45, 2.75) is 19.4 Å². The molecule has 29 heavy (non-hydrogen) atoms. The van der Waals surface area contributed by atoms with Gasteiger partial charge in [0.2, 0.25) is 11.7 Å². The molecule has 0 bridgehead atoms. The summed E-state index contributed by atoms with van der Waals surface area (Å²) in [5.74, 6) is -2.00. The Morgan fingerprint density at radius 3 is 2.38 bits per heavy atom. The van der Waals surface area contributed by atoms with Gasteiger partial charge in [0.25, 0.3) is 5.89 Å². The van der Waals surface area contributed by atoms with Crippen molar-refractivity contribution in [3.63, 3.8) is 0 Å². The first-order chi connectivity index (χ1) is 13.9. The Morgan fingerprint density at radius 2 is 1.72 bits per heavy atom. The predicted octanol–water partition coefficient (Wildman–Crippen LogP) is 5.13. The third-order valence-electron chi connectivity index (χ3n) is 4.43. The summed E-state index contributed by atoms with van der Waals surface area (Å²) < 4.78 is 57.6. The highest BCUT2D eigenvalue weighted by atomic mass is 19.3. The zero-order valence-electron chi connectivity index (χ0n) is 14.7. The zero-order valence-corrected chi connectivity index (χ0v) is 14.7. The highest BCUT2D eigenvalue weighted by Gasteiger charge is 2.22. The van der Waals surface area contributed by atoms with Crippen LogP contribution < -0.4 is 0 Å². The molecule has 0 fully saturated rings. The molecule has 4 rings (SSSR count). The number of aromatic nitrogens is 3. The van der Waals surface area contributed by atoms with Crippen molar-refractivity contribution in [3.05, 3.63) is 71.7 Å². The van der Waals surface area contributed by atoms with E-state index in [1.54, 1.807) is 53.1 Å². The Morgan fingerprint density at radius 1 is 1.00 bits per heavy atom. The summed E-state index contributed by atoms with van der Waals surface area (Å²) in [5, 5.41) is 7.34. The zero-order chi connectivity index (χ0) is 20.5. The lowest BCUT2D eigenvalue weighted by atomic mass is 10.1. The SMILES string of the molecule is O=C(c1cn(Cc2ccc(-c3nnc(C(F)F)o3)cc2)c2ccccc12)C(F)F. The number of para-hydroxylation sites is 1. The van der Waals surface area contributed by atoms with Gasteiger partial charge >= 0.3 is 12.9 Å². The van der Waals surface area contributed by atoms with E-state index in [9.17, 15) is 22.4 Å². The molecular weight excluding hydrogens is 390 g/mol. The molecule has 9 heteroatoms. The van der Waals surface area contributed by atoms with Crippen LogP contribution in [0.3, 0.4) is 0 Å². The van der Waals surface area contributed by atoms with Crippen molar-refractivity contribution < 1.29 is 26.8 Å². The van der Waals surface area contributed by atoms with Crippen LogP contribution in [0, 0.1) is 0 Å². The van der Waals surface area contributed by atoms with Gasteiger partial charge in [-0.25, -0.2) is 8.78 Å². The molecule has 2 aromatic heterocycles. The molecule has 2 aromatic carbocycles. The van der Waals surface area contributed by atoms with Gasteiger partial charge in [0.1, 0.15) is 0 Å². The number of carbonyl (C=O) groups excluding carboxylic acids is 1.